The first-order chi connectivity index (χ1) is 18.4. The summed E-state index contributed by atoms with van der Waals surface area (Å²) in [5.74, 6) is -1.33. The van der Waals surface area contributed by atoms with Crippen LogP contribution in [0.25, 0.3) is 10.9 Å². The van der Waals surface area contributed by atoms with Gasteiger partial charge in [0.15, 0.2) is 11.5 Å². The van der Waals surface area contributed by atoms with E-state index >= 15 is 4.39 Å². The average molecular weight is 660 g/mol. The van der Waals surface area contributed by atoms with E-state index in [1.165, 1.54) is 18.2 Å². The lowest BCUT2D eigenvalue weighted by Gasteiger charge is -2.27. The van der Waals surface area contributed by atoms with Crippen molar-refractivity contribution in [1.82, 2.24) is 4.57 Å². The highest BCUT2D eigenvalue weighted by Gasteiger charge is 2.53. The Labute approximate surface area is 237 Å². The number of hydrogen-bond acceptors (Lipinski definition) is 6. The summed E-state index contributed by atoms with van der Waals surface area (Å²) >= 11 is 1.73. The Morgan fingerprint density at radius 2 is 1.92 bits per heavy atom. The van der Waals surface area contributed by atoms with Crippen LogP contribution < -0.4 is 14.8 Å². The summed E-state index contributed by atoms with van der Waals surface area (Å²) in [6.45, 7) is 4.45. The van der Waals surface area contributed by atoms with Crippen molar-refractivity contribution in [2.75, 3.05) is 25.6 Å². The summed E-state index contributed by atoms with van der Waals surface area (Å²) in [5, 5.41) is 13.1. The lowest BCUT2D eigenvalue weighted by atomic mass is 9.90. The number of methoxy groups -OCH3 is 1. The lowest BCUT2D eigenvalue weighted by molar-refractivity contribution is -0.286. The summed E-state index contributed by atoms with van der Waals surface area (Å²) in [6, 6.07) is 9.10. The Bertz CT molecular complexity index is 1420. The van der Waals surface area contributed by atoms with Crippen LogP contribution >= 0.6 is 23.0 Å². The second-order valence-corrected chi connectivity index (χ2v) is 11.1. The number of ether oxygens (including phenoxy) is 3. The summed E-state index contributed by atoms with van der Waals surface area (Å²) in [7, 11) is 1.60. The third-order valence-electron chi connectivity index (χ3n) is 7.29. The van der Waals surface area contributed by atoms with E-state index in [4.69, 9.17) is 7.80 Å². The van der Waals surface area contributed by atoms with E-state index in [0.717, 1.165) is 5.69 Å². The monoisotopic (exact) mass is 660 g/mol. The Kier molecular flexibility index (Phi) is 7.27. The molecule has 2 heterocycles. The SMILES string of the molecule is COCC(C)(C)c1cc2cc(NC(=O)C3(c4ccc5c(c4)OC(F)(F)O5)CC3)c(F)cc2n1C[C@H](CO)OI. The summed E-state index contributed by atoms with van der Waals surface area (Å²) in [6.07, 6.45) is -3.32. The maximum absolute atomic E-state index is 15.4. The van der Waals surface area contributed by atoms with Crippen molar-refractivity contribution in [2.24, 2.45) is 0 Å². The van der Waals surface area contributed by atoms with Crippen molar-refractivity contribution in [3.63, 3.8) is 0 Å². The van der Waals surface area contributed by atoms with Crippen molar-refractivity contribution in [1.29, 1.82) is 0 Å². The quantitative estimate of drug-likeness (QED) is 0.283. The second-order valence-electron chi connectivity index (χ2n) is 10.6. The van der Waals surface area contributed by atoms with Crippen LogP contribution in [0.4, 0.5) is 18.9 Å². The molecule has 1 aliphatic carbocycles. The lowest BCUT2D eigenvalue weighted by Crippen LogP contribution is -2.30. The zero-order valence-electron chi connectivity index (χ0n) is 21.5. The molecule has 0 bridgehead atoms. The molecule has 1 aromatic heterocycles. The molecule has 0 spiro atoms. The molecule has 2 aliphatic rings. The van der Waals surface area contributed by atoms with Gasteiger partial charge >= 0.3 is 6.29 Å². The van der Waals surface area contributed by atoms with E-state index in [1.807, 2.05) is 24.5 Å². The molecule has 1 fully saturated rings. The van der Waals surface area contributed by atoms with Crippen LogP contribution in [0, 0.1) is 5.82 Å². The van der Waals surface area contributed by atoms with Gasteiger partial charge in [-0.15, -0.1) is 8.78 Å². The fourth-order valence-corrected chi connectivity index (χ4v) is 5.47. The van der Waals surface area contributed by atoms with E-state index in [1.54, 1.807) is 42.2 Å². The van der Waals surface area contributed by atoms with Crippen LogP contribution in [-0.4, -0.2) is 48.3 Å². The molecule has 3 aromatic rings. The first-order valence-electron chi connectivity index (χ1n) is 12.4. The van der Waals surface area contributed by atoms with E-state index in [0.29, 0.717) is 35.9 Å². The highest BCUT2D eigenvalue weighted by Crippen LogP contribution is 2.52. The third-order valence-corrected chi connectivity index (χ3v) is 8.01. The molecule has 2 aromatic carbocycles. The molecule has 0 saturated heterocycles. The minimum atomic E-state index is -3.76. The molecule has 210 valence electrons. The van der Waals surface area contributed by atoms with E-state index in [-0.39, 0.29) is 30.3 Å². The zero-order valence-corrected chi connectivity index (χ0v) is 23.7. The maximum Gasteiger partial charge on any atom is 0.586 e. The van der Waals surface area contributed by atoms with Gasteiger partial charge in [0, 0.05) is 29.7 Å². The number of fused-ring (bicyclic) bond motifs is 2. The van der Waals surface area contributed by atoms with Gasteiger partial charge in [0.2, 0.25) is 5.91 Å². The van der Waals surface area contributed by atoms with Crippen LogP contribution in [0.15, 0.2) is 36.4 Å². The number of amides is 1. The number of aliphatic hydroxyl groups excluding tert-OH is 1. The van der Waals surface area contributed by atoms with Crippen LogP contribution in [0.3, 0.4) is 0 Å². The van der Waals surface area contributed by atoms with Gasteiger partial charge in [-0.25, -0.2) is 4.39 Å². The summed E-state index contributed by atoms with van der Waals surface area (Å²) in [4.78, 5) is 13.4. The molecule has 1 aliphatic heterocycles. The summed E-state index contributed by atoms with van der Waals surface area (Å²) < 4.78 is 64.0. The van der Waals surface area contributed by atoms with Crippen molar-refractivity contribution < 1.29 is 40.3 Å². The molecule has 1 amide bonds. The number of benzene rings is 2. The minimum Gasteiger partial charge on any atom is -0.395 e. The number of anilines is 1. The number of alkyl halides is 2. The van der Waals surface area contributed by atoms with Gasteiger partial charge in [-0.2, -0.15) is 0 Å². The predicted molar refractivity (Wildman–Crippen MR) is 145 cm³/mol. The molecule has 0 unspecified atom stereocenters. The fourth-order valence-electron chi connectivity index (χ4n) is 5.15. The molecule has 8 nitrogen and oxygen atoms in total. The molecule has 1 saturated carbocycles. The first-order valence-corrected chi connectivity index (χ1v) is 13.2. The Hall–Kier alpha value is -2.55. The van der Waals surface area contributed by atoms with Gasteiger partial charge in [0.05, 0.1) is 36.4 Å². The highest BCUT2D eigenvalue weighted by atomic mass is 127. The topological polar surface area (TPSA) is 91.2 Å². The number of hydrogen-bond donors (Lipinski definition) is 2. The molecule has 1 atom stereocenters. The van der Waals surface area contributed by atoms with Crippen LogP contribution in [-0.2, 0) is 30.0 Å². The van der Waals surface area contributed by atoms with E-state index < -0.39 is 35.0 Å². The van der Waals surface area contributed by atoms with E-state index in [2.05, 4.69) is 14.8 Å². The number of halogens is 4. The third kappa shape index (κ3) is 5.19. The second kappa shape index (κ2) is 10.1. The van der Waals surface area contributed by atoms with Gasteiger partial charge in [-0.1, -0.05) is 19.9 Å². The normalized spacial score (nSPS) is 17.8. The van der Waals surface area contributed by atoms with Crippen LogP contribution in [0.5, 0.6) is 11.5 Å². The molecule has 39 heavy (non-hydrogen) atoms. The smallest absolute Gasteiger partial charge is 0.395 e. The predicted octanol–water partition coefficient (Wildman–Crippen LogP) is 5.42. The number of nitrogens with zero attached hydrogens (tertiary/aromatic N) is 1. The van der Waals surface area contributed by atoms with Gasteiger partial charge < -0.3 is 32.3 Å². The van der Waals surface area contributed by atoms with Gasteiger partial charge in [-0.05, 0) is 42.7 Å². The number of aromatic nitrogens is 1. The molecule has 0 radical (unpaired) electrons. The molecule has 5 rings (SSSR count). The largest absolute Gasteiger partial charge is 0.586 e. The van der Waals surface area contributed by atoms with Gasteiger partial charge in [0.1, 0.15) is 34.9 Å². The molecule has 12 heteroatoms. The molecular formula is C27H28F3IN2O6. The first kappa shape index (κ1) is 28.0. The number of carbonyl (C=O) groups excluding carboxylic acids is 1. The average Bonchev–Trinajstić information content (AvgIpc) is 3.52. The van der Waals surface area contributed by atoms with Gasteiger partial charge in [0.25, 0.3) is 0 Å². The number of nitrogens with one attached hydrogen (secondary N) is 1. The van der Waals surface area contributed by atoms with Gasteiger partial charge in [-0.3, -0.25) is 4.79 Å². The fraction of sp³-hybridized carbons (Fsp3) is 0.444. The highest BCUT2D eigenvalue weighted by molar-refractivity contribution is 14.1. The van der Waals surface area contributed by atoms with Crippen molar-refractivity contribution in [2.45, 2.75) is 56.5 Å². The zero-order chi connectivity index (χ0) is 28.2. The Morgan fingerprint density at radius 3 is 2.56 bits per heavy atom. The Balaban J connectivity index is 1.47. The van der Waals surface area contributed by atoms with Crippen LogP contribution in [0.1, 0.15) is 37.9 Å². The minimum absolute atomic E-state index is 0.00292. The van der Waals surface area contributed by atoms with E-state index in [9.17, 15) is 18.7 Å². The number of carbonyl (C=O) groups is 1. The Morgan fingerprint density at radius 1 is 1.21 bits per heavy atom. The van der Waals surface area contributed by atoms with Crippen molar-refractivity contribution >= 4 is 45.5 Å². The molecule has 2 N–H and O–H groups in total. The van der Waals surface area contributed by atoms with Crippen molar-refractivity contribution in [3.8, 4) is 11.5 Å². The number of rotatable bonds is 10. The molecular weight excluding hydrogens is 632 g/mol. The number of aliphatic hydroxyl groups is 1. The standard InChI is InChI=1S/C27H28F3IN2O6/c1-25(2,14-36-3)23-9-15-8-19(18(28)11-20(15)33(23)12-17(13-34)39-31)32-24(35)26(6-7-26)16-4-5-21-22(10-16)38-27(29,30)37-21/h4-5,8-11,17,34H,6-7,12-14H2,1-3H3,(H,32,35)/t17-/m1/s1. The van der Waals surface area contributed by atoms with Crippen molar-refractivity contribution in [3.05, 3.63) is 53.5 Å². The van der Waals surface area contributed by atoms with Crippen LogP contribution in [0.2, 0.25) is 0 Å². The maximum atomic E-state index is 15.4. The summed E-state index contributed by atoms with van der Waals surface area (Å²) in [5.41, 5.74) is 0.488.